The summed E-state index contributed by atoms with van der Waals surface area (Å²) in [7, 11) is 0. The average molecular weight is 332 g/mol. The number of nitro groups is 1. The highest BCUT2D eigenvalue weighted by Crippen LogP contribution is 2.31. The lowest BCUT2D eigenvalue weighted by atomic mass is 9.96. The highest BCUT2D eigenvalue weighted by Gasteiger charge is 2.31. The van der Waals surface area contributed by atoms with Crippen LogP contribution in [0.4, 0.5) is 0 Å². The molecule has 1 fully saturated rings. The van der Waals surface area contributed by atoms with Crippen LogP contribution in [-0.4, -0.2) is 45.3 Å². The van der Waals surface area contributed by atoms with E-state index in [1.165, 1.54) is 0 Å². The minimum absolute atomic E-state index is 0.0974. The summed E-state index contributed by atoms with van der Waals surface area (Å²) in [5, 5.41) is 20.9. The minimum atomic E-state index is -0.971. The fourth-order valence-corrected chi connectivity index (χ4v) is 3.01. The Kier molecular flexibility index (Phi) is 8.19. The summed E-state index contributed by atoms with van der Waals surface area (Å²) < 4.78 is 9.82. The van der Waals surface area contributed by atoms with Crippen LogP contribution in [-0.2, 0) is 13.8 Å². The molecule has 0 aromatic heterocycles. The van der Waals surface area contributed by atoms with Crippen molar-refractivity contribution in [2.45, 2.75) is 56.4 Å². The van der Waals surface area contributed by atoms with Gasteiger partial charge in [0.05, 0.1) is 13.0 Å². The van der Waals surface area contributed by atoms with E-state index < -0.39 is 18.1 Å². The number of ether oxygens (including phenoxy) is 1. The third kappa shape index (κ3) is 6.19. The van der Waals surface area contributed by atoms with Gasteiger partial charge in [-0.15, -0.1) is 6.42 Å². The molecular weight excluding hydrogens is 312 g/mol. The molecule has 0 aliphatic heterocycles. The summed E-state index contributed by atoms with van der Waals surface area (Å²) in [5.41, 5.74) is 0. The smallest absolute Gasteiger partial charge is 0.308 e. The molecule has 124 valence electrons. The molecule has 3 unspecified atom stereocenters. The van der Waals surface area contributed by atoms with Gasteiger partial charge in [0.1, 0.15) is 6.04 Å². The van der Waals surface area contributed by atoms with E-state index in [1.807, 2.05) is 0 Å². The van der Waals surface area contributed by atoms with Gasteiger partial charge in [0, 0.05) is 35.1 Å². The van der Waals surface area contributed by atoms with E-state index in [0.717, 1.165) is 24.9 Å². The second kappa shape index (κ2) is 9.63. The second-order valence-electron chi connectivity index (χ2n) is 4.89. The van der Waals surface area contributed by atoms with Crippen LogP contribution in [0.3, 0.4) is 0 Å². The summed E-state index contributed by atoms with van der Waals surface area (Å²) in [6.45, 7) is 1.89. The van der Waals surface area contributed by atoms with Gasteiger partial charge in [-0.1, -0.05) is 5.92 Å². The number of terminal acetylenes is 1. The van der Waals surface area contributed by atoms with Crippen LogP contribution in [0.15, 0.2) is 0 Å². The number of rotatable bonds is 8. The van der Waals surface area contributed by atoms with Crippen molar-refractivity contribution in [3.8, 4) is 12.3 Å². The molecule has 0 saturated heterocycles. The molecule has 1 N–H and O–H groups in total. The molecule has 0 heterocycles. The summed E-state index contributed by atoms with van der Waals surface area (Å²) >= 11 is 0.935. The largest absolute Gasteiger partial charge is 0.466 e. The Balaban J connectivity index is 2.40. The maximum atomic E-state index is 11.3. The Bertz CT molecular complexity index is 427. The van der Waals surface area contributed by atoms with Gasteiger partial charge in [-0.25, -0.2) is 4.28 Å². The normalized spacial score (nSPS) is 22.8. The van der Waals surface area contributed by atoms with E-state index in [4.69, 9.17) is 15.4 Å². The standard InChI is InChI=1S/C13H20N2O6S/c1-3-10(9-13(16)20-4-2)15(19)21-22-12-7-5-6-11(8-12)14(17)18/h1,10-12,19H,4-9H2,2H3. The zero-order valence-electron chi connectivity index (χ0n) is 12.3. The number of hydrogen-bond donors (Lipinski definition) is 1. The van der Waals surface area contributed by atoms with Gasteiger partial charge in [-0.05, 0) is 25.0 Å². The van der Waals surface area contributed by atoms with Gasteiger partial charge in [0.2, 0.25) is 6.04 Å². The molecule has 3 atom stereocenters. The van der Waals surface area contributed by atoms with Crippen LogP contribution in [0.2, 0.25) is 0 Å². The van der Waals surface area contributed by atoms with E-state index >= 15 is 0 Å². The fraction of sp³-hybridized carbons (Fsp3) is 0.769. The van der Waals surface area contributed by atoms with Crippen LogP contribution in [0, 0.1) is 22.5 Å². The molecule has 22 heavy (non-hydrogen) atoms. The lowest BCUT2D eigenvalue weighted by Gasteiger charge is -2.25. The molecule has 1 saturated carbocycles. The summed E-state index contributed by atoms with van der Waals surface area (Å²) in [5.74, 6) is 1.70. The zero-order chi connectivity index (χ0) is 16.5. The molecule has 0 radical (unpaired) electrons. The van der Waals surface area contributed by atoms with Gasteiger partial charge in [0.25, 0.3) is 0 Å². The Morgan fingerprint density at radius 2 is 2.36 bits per heavy atom. The third-order valence-electron chi connectivity index (χ3n) is 3.28. The van der Waals surface area contributed by atoms with E-state index in [-0.39, 0.29) is 23.2 Å². The van der Waals surface area contributed by atoms with Crippen molar-refractivity contribution in [3.05, 3.63) is 10.1 Å². The van der Waals surface area contributed by atoms with E-state index in [2.05, 4.69) is 5.92 Å². The third-order valence-corrected chi connectivity index (χ3v) is 4.22. The maximum absolute atomic E-state index is 11.3. The van der Waals surface area contributed by atoms with Crippen molar-refractivity contribution >= 4 is 18.0 Å². The van der Waals surface area contributed by atoms with Crippen LogP contribution < -0.4 is 0 Å². The first-order valence-electron chi connectivity index (χ1n) is 7.04. The van der Waals surface area contributed by atoms with Crippen molar-refractivity contribution in [1.82, 2.24) is 5.23 Å². The predicted molar refractivity (Wildman–Crippen MR) is 79.2 cm³/mol. The molecular formula is C13H20N2O6S. The van der Waals surface area contributed by atoms with Gasteiger partial charge in [-0.2, -0.15) is 0 Å². The number of esters is 1. The molecule has 0 aromatic rings. The summed E-state index contributed by atoms with van der Waals surface area (Å²) in [4.78, 5) is 21.9. The zero-order valence-corrected chi connectivity index (χ0v) is 13.2. The van der Waals surface area contributed by atoms with Gasteiger partial charge < -0.3 is 4.74 Å². The van der Waals surface area contributed by atoms with Crippen molar-refractivity contribution in [2.24, 2.45) is 0 Å². The molecule has 8 nitrogen and oxygen atoms in total. The Morgan fingerprint density at radius 1 is 1.64 bits per heavy atom. The van der Waals surface area contributed by atoms with Crippen LogP contribution in [0.25, 0.3) is 0 Å². The van der Waals surface area contributed by atoms with Crippen LogP contribution in [0.5, 0.6) is 0 Å². The highest BCUT2D eigenvalue weighted by molar-refractivity contribution is 7.95. The van der Waals surface area contributed by atoms with Gasteiger partial charge >= 0.3 is 5.97 Å². The molecule has 0 spiro atoms. The van der Waals surface area contributed by atoms with E-state index in [1.54, 1.807) is 6.92 Å². The first-order chi connectivity index (χ1) is 10.5. The summed E-state index contributed by atoms with van der Waals surface area (Å²) in [6.07, 6.45) is 7.48. The molecule has 1 rings (SSSR count). The van der Waals surface area contributed by atoms with Crippen LogP contribution >= 0.6 is 12.0 Å². The van der Waals surface area contributed by atoms with Crippen molar-refractivity contribution < 1.29 is 23.9 Å². The Labute approximate surface area is 133 Å². The monoisotopic (exact) mass is 332 g/mol. The lowest BCUT2D eigenvalue weighted by molar-refractivity contribution is -0.526. The number of carbonyl (C=O) groups excluding carboxylic acids is 1. The molecule has 1 aliphatic rings. The number of hydrogen-bond acceptors (Lipinski definition) is 8. The van der Waals surface area contributed by atoms with E-state index in [0.29, 0.717) is 18.1 Å². The molecule has 1 aliphatic carbocycles. The Hall–Kier alpha value is -1.34. The lowest BCUT2D eigenvalue weighted by Crippen LogP contribution is -2.34. The average Bonchev–Trinajstić information content (AvgIpc) is 2.50. The quantitative estimate of drug-likeness (QED) is 0.236. The maximum Gasteiger partial charge on any atom is 0.308 e. The number of hydroxylamine groups is 2. The van der Waals surface area contributed by atoms with Gasteiger partial charge in [0.15, 0.2) is 0 Å². The SMILES string of the molecule is C#CC(CC(=O)OCC)N(O)OSC1CCCC([N+](=O)[O-])C1. The van der Waals surface area contributed by atoms with Crippen molar-refractivity contribution in [3.63, 3.8) is 0 Å². The molecule has 0 bridgehead atoms. The topological polar surface area (TPSA) is 102 Å². The molecule has 9 heteroatoms. The number of carbonyl (C=O) groups is 1. The molecule has 0 amide bonds. The van der Waals surface area contributed by atoms with Crippen molar-refractivity contribution in [1.29, 1.82) is 0 Å². The van der Waals surface area contributed by atoms with Gasteiger partial charge in [-0.3, -0.25) is 20.1 Å². The number of nitrogens with zero attached hydrogens (tertiary/aromatic N) is 2. The summed E-state index contributed by atoms with van der Waals surface area (Å²) in [6, 6.07) is -1.55. The van der Waals surface area contributed by atoms with Crippen molar-refractivity contribution in [2.75, 3.05) is 6.61 Å². The fourth-order valence-electron chi connectivity index (χ4n) is 2.13. The van der Waals surface area contributed by atoms with Crippen LogP contribution in [0.1, 0.15) is 39.0 Å². The Morgan fingerprint density at radius 3 is 2.95 bits per heavy atom. The highest BCUT2D eigenvalue weighted by atomic mass is 32.2. The predicted octanol–water partition coefficient (Wildman–Crippen LogP) is 1.80. The second-order valence-corrected chi connectivity index (χ2v) is 5.90. The minimum Gasteiger partial charge on any atom is -0.466 e. The first kappa shape index (κ1) is 18.7. The first-order valence-corrected chi connectivity index (χ1v) is 7.85. The molecule has 0 aromatic carbocycles. The van der Waals surface area contributed by atoms with E-state index in [9.17, 15) is 20.1 Å².